The molecule has 18 heavy (non-hydrogen) atoms. The summed E-state index contributed by atoms with van der Waals surface area (Å²) in [5, 5.41) is 0. The number of aryl methyl sites for hydroxylation is 1. The fourth-order valence-corrected chi connectivity index (χ4v) is 2.54. The summed E-state index contributed by atoms with van der Waals surface area (Å²) in [5.74, 6) is 1.11. The van der Waals surface area contributed by atoms with Gasteiger partial charge in [-0.2, -0.15) is 0 Å². The average Bonchev–Trinajstić information content (AvgIpc) is 3.16. The van der Waals surface area contributed by atoms with Crippen LogP contribution in [0.4, 0.5) is 0 Å². The first-order valence-electron chi connectivity index (χ1n) is 6.02. The van der Waals surface area contributed by atoms with Gasteiger partial charge < -0.3 is 4.98 Å². The zero-order valence-corrected chi connectivity index (χ0v) is 11.6. The maximum atomic E-state index is 11.9. The van der Waals surface area contributed by atoms with Crippen LogP contribution >= 0.6 is 15.9 Å². The van der Waals surface area contributed by atoms with Crippen LogP contribution in [0.15, 0.2) is 33.5 Å². The molecule has 1 aliphatic rings. The number of hydrogen-bond donors (Lipinski definition) is 1. The number of nitrogens with one attached hydrogen (secondary N) is 1. The van der Waals surface area contributed by atoms with Gasteiger partial charge in [0.15, 0.2) is 0 Å². The molecule has 0 amide bonds. The smallest absolute Gasteiger partial charge is 0.265 e. The minimum Gasteiger partial charge on any atom is -0.306 e. The predicted molar refractivity (Wildman–Crippen MR) is 74.7 cm³/mol. The van der Waals surface area contributed by atoms with Gasteiger partial charge in [-0.05, 0) is 41.8 Å². The van der Waals surface area contributed by atoms with Gasteiger partial charge in [0.05, 0.1) is 5.69 Å². The Morgan fingerprint density at radius 2 is 2.17 bits per heavy atom. The molecule has 0 aliphatic heterocycles. The number of H-pyrrole nitrogens is 1. The SMILES string of the molecule is Cc1cccc(-c2nc(C3CC3)c(Br)c(=O)[nH]2)c1. The third kappa shape index (κ3) is 2.12. The van der Waals surface area contributed by atoms with Crippen LogP contribution in [0.2, 0.25) is 0 Å². The molecule has 1 saturated carbocycles. The van der Waals surface area contributed by atoms with Crippen molar-refractivity contribution in [3.8, 4) is 11.4 Å². The van der Waals surface area contributed by atoms with Gasteiger partial charge in [-0.3, -0.25) is 4.79 Å². The van der Waals surface area contributed by atoms with Crippen molar-refractivity contribution in [3.05, 3.63) is 50.3 Å². The van der Waals surface area contributed by atoms with Crippen LogP contribution in [0.5, 0.6) is 0 Å². The van der Waals surface area contributed by atoms with E-state index in [1.807, 2.05) is 31.2 Å². The molecular weight excluding hydrogens is 292 g/mol. The number of nitrogens with zero attached hydrogens (tertiary/aromatic N) is 1. The lowest BCUT2D eigenvalue weighted by atomic mass is 10.1. The third-order valence-corrected chi connectivity index (χ3v) is 3.91. The molecule has 1 N–H and O–H groups in total. The fourth-order valence-electron chi connectivity index (χ4n) is 2.03. The van der Waals surface area contributed by atoms with Crippen LogP contribution in [-0.2, 0) is 0 Å². The van der Waals surface area contributed by atoms with E-state index >= 15 is 0 Å². The molecule has 3 rings (SSSR count). The van der Waals surface area contributed by atoms with E-state index in [1.165, 1.54) is 0 Å². The zero-order valence-electron chi connectivity index (χ0n) is 10.0. The van der Waals surface area contributed by atoms with Crippen molar-refractivity contribution in [2.75, 3.05) is 0 Å². The molecule has 0 bridgehead atoms. The minimum absolute atomic E-state index is 0.0941. The summed E-state index contributed by atoms with van der Waals surface area (Å²) in [4.78, 5) is 19.3. The van der Waals surface area contributed by atoms with Crippen molar-refractivity contribution in [1.82, 2.24) is 9.97 Å². The van der Waals surface area contributed by atoms with E-state index in [1.54, 1.807) is 0 Å². The molecule has 0 saturated heterocycles. The molecule has 92 valence electrons. The van der Waals surface area contributed by atoms with Gasteiger partial charge in [0.2, 0.25) is 0 Å². The molecule has 3 nitrogen and oxygen atoms in total. The molecule has 1 heterocycles. The molecule has 4 heteroatoms. The van der Waals surface area contributed by atoms with Crippen molar-refractivity contribution in [2.24, 2.45) is 0 Å². The molecular formula is C14H13BrN2O. The van der Waals surface area contributed by atoms with Crippen LogP contribution in [-0.4, -0.2) is 9.97 Å². The molecule has 1 fully saturated rings. The highest BCUT2D eigenvalue weighted by atomic mass is 79.9. The Bertz CT molecular complexity index is 659. The summed E-state index contributed by atoms with van der Waals surface area (Å²) in [7, 11) is 0. The maximum Gasteiger partial charge on any atom is 0.265 e. The van der Waals surface area contributed by atoms with E-state index in [2.05, 4.69) is 25.9 Å². The summed E-state index contributed by atoms with van der Waals surface area (Å²) in [6.45, 7) is 2.03. The predicted octanol–water partition coefficient (Wildman–Crippen LogP) is 3.39. The maximum absolute atomic E-state index is 11.9. The van der Waals surface area contributed by atoms with Gasteiger partial charge in [0.25, 0.3) is 5.56 Å². The Balaban J connectivity index is 2.15. The van der Waals surface area contributed by atoms with Crippen LogP contribution in [0.1, 0.15) is 30.0 Å². The van der Waals surface area contributed by atoms with Crippen LogP contribution < -0.4 is 5.56 Å². The van der Waals surface area contributed by atoms with Gasteiger partial charge in [0, 0.05) is 11.5 Å². The molecule has 0 unspecified atom stereocenters. The van der Waals surface area contributed by atoms with E-state index in [9.17, 15) is 4.79 Å². The topological polar surface area (TPSA) is 45.8 Å². The second-order valence-corrected chi connectivity index (χ2v) is 5.55. The van der Waals surface area contributed by atoms with E-state index < -0.39 is 0 Å². The normalized spacial score (nSPS) is 14.8. The molecule has 0 atom stereocenters. The summed E-state index contributed by atoms with van der Waals surface area (Å²) >= 11 is 3.34. The highest BCUT2D eigenvalue weighted by molar-refractivity contribution is 9.10. The molecule has 2 aromatic rings. The molecule has 0 spiro atoms. The third-order valence-electron chi connectivity index (χ3n) is 3.14. The number of halogens is 1. The lowest BCUT2D eigenvalue weighted by Crippen LogP contribution is -2.13. The standard InChI is InChI=1S/C14H13BrN2O/c1-8-3-2-4-10(7-8)13-16-12(9-5-6-9)11(15)14(18)17-13/h2-4,7,9H,5-6H2,1H3,(H,16,17,18). The van der Waals surface area contributed by atoms with Crippen molar-refractivity contribution >= 4 is 15.9 Å². The first-order valence-corrected chi connectivity index (χ1v) is 6.81. The van der Waals surface area contributed by atoms with Crippen molar-refractivity contribution < 1.29 is 0 Å². The number of aromatic nitrogens is 2. The number of benzene rings is 1. The van der Waals surface area contributed by atoms with Gasteiger partial charge in [-0.1, -0.05) is 23.8 Å². The molecule has 0 radical (unpaired) electrons. The molecule has 1 aromatic heterocycles. The second kappa shape index (κ2) is 4.35. The van der Waals surface area contributed by atoms with Crippen LogP contribution in [0.3, 0.4) is 0 Å². The second-order valence-electron chi connectivity index (χ2n) is 4.76. The quantitative estimate of drug-likeness (QED) is 0.924. The Morgan fingerprint density at radius 1 is 1.39 bits per heavy atom. The zero-order chi connectivity index (χ0) is 12.7. The monoisotopic (exact) mass is 304 g/mol. The number of aromatic amines is 1. The average molecular weight is 305 g/mol. The Labute approximate surface area is 113 Å². The Morgan fingerprint density at radius 3 is 2.83 bits per heavy atom. The summed E-state index contributed by atoms with van der Waals surface area (Å²) in [6, 6.07) is 8.00. The van der Waals surface area contributed by atoms with E-state index in [0.29, 0.717) is 16.2 Å². The highest BCUT2D eigenvalue weighted by Crippen LogP contribution is 2.41. The minimum atomic E-state index is -0.0941. The Kier molecular flexibility index (Phi) is 2.82. The van der Waals surface area contributed by atoms with Gasteiger partial charge in [-0.25, -0.2) is 4.98 Å². The lowest BCUT2D eigenvalue weighted by Gasteiger charge is -2.06. The summed E-state index contributed by atoms with van der Waals surface area (Å²) in [6.07, 6.45) is 2.25. The van der Waals surface area contributed by atoms with E-state index in [-0.39, 0.29) is 5.56 Å². The van der Waals surface area contributed by atoms with Crippen molar-refractivity contribution in [3.63, 3.8) is 0 Å². The van der Waals surface area contributed by atoms with Gasteiger partial charge >= 0.3 is 0 Å². The van der Waals surface area contributed by atoms with Crippen LogP contribution in [0, 0.1) is 6.92 Å². The summed E-state index contributed by atoms with van der Waals surface area (Å²) < 4.78 is 0.585. The largest absolute Gasteiger partial charge is 0.306 e. The van der Waals surface area contributed by atoms with Crippen molar-refractivity contribution in [2.45, 2.75) is 25.7 Å². The summed E-state index contributed by atoms with van der Waals surface area (Å²) in [5.41, 5.74) is 2.92. The number of rotatable bonds is 2. The van der Waals surface area contributed by atoms with E-state index in [0.717, 1.165) is 29.7 Å². The Hall–Kier alpha value is -1.42. The fraction of sp³-hybridized carbons (Fsp3) is 0.286. The van der Waals surface area contributed by atoms with Crippen LogP contribution in [0.25, 0.3) is 11.4 Å². The first kappa shape index (κ1) is 11.7. The molecule has 1 aromatic carbocycles. The van der Waals surface area contributed by atoms with E-state index in [4.69, 9.17) is 0 Å². The molecule has 1 aliphatic carbocycles. The van der Waals surface area contributed by atoms with Crippen molar-refractivity contribution in [1.29, 1.82) is 0 Å². The number of hydrogen-bond acceptors (Lipinski definition) is 2. The lowest BCUT2D eigenvalue weighted by molar-refractivity contribution is 0.960. The highest BCUT2D eigenvalue weighted by Gasteiger charge is 2.29. The van der Waals surface area contributed by atoms with Gasteiger partial charge in [0.1, 0.15) is 10.3 Å². The van der Waals surface area contributed by atoms with Gasteiger partial charge in [-0.15, -0.1) is 0 Å². The first-order chi connectivity index (χ1) is 8.65.